The third-order valence-electron chi connectivity index (χ3n) is 8.16. The Morgan fingerprint density at radius 3 is 2.61 bits per heavy atom. The Bertz CT molecular complexity index is 1600. The fraction of sp³-hybridized carbons (Fsp3) is 0.438. The van der Waals surface area contributed by atoms with Crippen molar-refractivity contribution in [2.75, 3.05) is 31.5 Å². The molecule has 3 unspecified atom stereocenters. The monoisotopic (exact) mass is 615 g/mol. The first-order valence-corrected chi connectivity index (χ1v) is 16.1. The number of carbonyl (C=O) groups excluding carboxylic acids is 3. The van der Waals surface area contributed by atoms with E-state index in [-0.39, 0.29) is 35.6 Å². The predicted octanol–water partition coefficient (Wildman–Crippen LogP) is 4.30. The third-order valence-corrected chi connectivity index (χ3v) is 9.62. The number of hydrogen-bond donors (Lipinski definition) is 2. The van der Waals surface area contributed by atoms with E-state index in [1.807, 2.05) is 55.1 Å². The Hall–Kier alpha value is -4.19. The highest BCUT2D eigenvalue weighted by Gasteiger charge is 2.34. The highest BCUT2D eigenvalue weighted by molar-refractivity contribution is 8.02. The molecule has 12 heteroatoms. The number of aryl methyl sites for hydroxylation is 1. The number of guanidine groups is 1. The minimum Gasteiger partial charge on any atom is -0.461 e. The largest absolute Gasteiger partial charge is 0.461 e. The van der Waals surface area contributed by atoms with Gasteiger partial charge in [-0.15, -0.1) is 11.8 Å². The quantitative estimate of drug-likeness (QED) is 0.312. The highest BCUT2D eigenvalue weighted by Crippen LogP contribution is 2.39. The number of amides is 3. The smallest absolute Gasteiger partial charge is 0.247 e. The van der Waals surface area contributed by atoms with Crippen molar-refractivity contribution >= 4 is 57.8 Å². The number of anilines is 1. The highest BCUT2D eigenvalue weighted by atomic mass is 32.2. The lowest BCUT2D eigenvalue weighted by molar-refractivity contribution is -0.140. The molecule has 3 aliphatic rings. The third kappa shape index (κ3) is 6.80. The molecule has 2 aromatic heterocycles. The summed E-state index contributed by atoms with van der Waals surface area (Å²) >= 11 is 1.45. The number of furan rings is 1. The van der Waals surface area contributed by atoms with Crippen LogP contribution >= 0.6 is 11.8 Å². The summed E-state index contributed by atoms with van der Waals surface area (Å²) in [5, 5.41) is 6.39. The summed E-state index contributed by atoms with van der Waals surface area (Å²) in [6, 6.07) is 10.6. The van der Waals surface area contributed by atoms with Gasteiger partial charge in [0, 0.05) is 48.8 Å². The van der Waals surface area contributed by atoms with Gasteiger partial charge >= 0.3 is 0 Å². The SMILES string of the molecule is CC1=NC(c2ccncc2)SC1C(=O)NC(=NC1CCCCN(CC(=O)N2CCCC2)C1=O)Nc1ccc2oc(C)cc2c1. The molecule has 2 fully saturated rings. The molecule has 0 saturated carbocycles. The molecule has 0 bridgehead atoms. The Balaban J connectivity index is 1.23. The average molecular weight is 616 g/mol. The summed E-state index contributed by atoms with van der Waals surface area (Å²) in [5.74, 6) is 0.481. The number of aliphatic imine (C=N–C) groups is 2. The maximum Gasteiger partial charge on any atom is 0.247 e. The first-order valence-electron chi connectivity index (χ1n) is 15.2. The summed E-state index contributed by atoms with van der Waals surface area (Å²) in [7, 11) is 0. The zero-order valence-electron chi connectivity index (χ0n) is 25.0. The van der Waals surface area contributed by atoms with Gasteiger partial charge in [-0.25, -0.2) is 4.99 Å². The molecule has 1 aromatic carbocycles. The second-order valence-corrected chi connectivity index (χ2v) is 12.7. The Morgan fingerprint density at radius 1 is 1.05 bits per heavy atom. The number of aromatic nitrogens is 1. The summed E-state index contributed by atoms with van der Waals surface area (Å²) < 4.78 is 5.72. The lowest BCUT2D eigenvalue weighted by Crippen LogP contribution is -2.46. The van der Waals surface area contributed by atoms with E-state index in [0.717, 1.165) is 61.1 Å². The van der Waals surface area contributed by atoms with Gasteiger partial charge in [0.2, 0.25) is 23.7 Å². The lowest BCUT2D eigenvalue weighted by atomic mass is 10.1. The van der Waals surface area contributed by atoms with Gasteiger partial charge in [0.15, 0.2) is 0 Å². The van der Waals surface area contributed by atoms with Gasteiger partial charge in [-0.05, 0) is 87.9 Å². The Morgan fingerprint density at radius 2 is 1.82 bits per heavy atom. The minimum absolute atomic E-state index is 0.0207. The summed E-state index contributed by atoms with van der Waals surface area (Å²) in [5.41, 5.74) is 3.13. The molecule has 44 heavy (non-hydrogen) atoms. The maximum absolute atomic E-state index is 13.7. The molecule has 0 spiro atoms. The summed E-state index contributed by atoms with van der Waals surface area (Å²) in [6.45, 7) is 5.80. The van der Waals surface area contributed by atoms with Crippen LogP contribution in [0.3, 0.4) is 0 Å². The van der Waals surface area contributed by atoms with Crippen LogP contribution in [0.4, 0.5) is 5.69 Å². The van der Waals surface area contributed by atoms with Crippen LogP contribution in [-0.2, 0) is 14.4 Å². The Kier molecular flexibility index (Phi) is 8.96. The van der Waals surface area contributed by atoms with Crippen LogP contribution in [0.25, 0.3) is 11.0 Å². The number of thioether (sulfide) groups is 1. The minimum atomic E-state index is -0.734. The molecule has 3 atom stereocenters. The van der Waals surface area contributed by atoms with Crippen molar-refractivity contribution in [3.05, 3.63) is 60.1 Å². The fourth-order valence-electron chi connectivity index (χ4n) is 5.86. The molecular formula is C32H37N7O4S. The van der Waals surface area contributed by atoms with E-state index >= 15 is 0 Å². The fourth-order valence-corrected chi connectivity index (χ4v) is 7.10. The molecule has 2 N–H and O–H groups in total. The number of likely N-dealkylation sites (tertiary alicyclic amines) is 2. The molecule has 2 saturated heterocycles. The van der Waals surface area contributed by atoms with Crippen molar-refractivity contribution < 1.29 is 18.8 Å². The first-order chi connectivity index (χ1) is 21.3. The average Bonchev–Trinajstić information content (AvgIpc) is 3.75. The molecule has 3 amide bonds. The van der Waals surface area contributed by atoms with Gasteiger partial charge in [0.05, 0.1) is 6.54 Å². The Labute approximate surface area is 260 Å². The number of rotatable bonds is 6. The van der Waals surface area contributed by atoms with E-state index in [1.165, 1.54) is 11.8 Å². The van der Waals surface area contributed by atoms with Crippen LogP contribution in [0.1, 0.15) is 55.7 Å². The van der Waals surface area contributed by atoms with Crippen LogP contribution in [0.15, 0.2) is 63.2 Å². The number of carbonyl (C=O) groups is 3. The van der Waals surface area contributed by atoms with Gasteiger partial charge in [-0.3, -0.25) is 29.7 Å². The number of nitrogens with zero attached hydrogens (tertiary/aromatic N) is 5. The molecule has 11 nitrogen and oxygen atoms in total. The standard InChI is InChI=1S/C32H37N7O4S/c1-20-17-23-18-24(8-9-26(23)43-20)35-32(37-29(41)28-21(2)34-30(44-28)22-10-12-33-13-11-22)36-25-7-3-4-16-39(31(25)42)19-27(40)38-14-5-6-15-38/h8-13,17-18,25,28,30H,3-7,14-16,19H2,1-2H3,(H2,35,36,37,41). The van der Waals surface area contributed by atoms with E-state index in [2.05, 4.69) is 15.6 Å². The van der Waals surface area contributed by atoms with Crippen molar-refractivity contribution in [3.8, 4) is 0 Å². The van der Waals surface area contributed by atoms with Crippen LogP contribution in [-0.4, -0.2) is 81.6 Å². The van der Waals surface area contributed by atoms with Gasteiger partial charge in [0.25, 0.3) is 0 Å². The van der Waals surface area contributed by atoms with E-state index in [1.54, 1.807) is 17.3 Å². The topological polar surface area (TPSA) is 132 Å². The van der Waals surface area contributed by atoms with Crippen LogP contribution in [0, 0.1) is 6.92 Å². The van der Waals surface area contributed by atoms with Crippen LogP contribution < -0.4 is 10.6 Å². The van der Waals surface area contributed by atoms with Gasteiger partial charge < -0.3 is 19.5 Å². The van der Waals surface area contributed by atoms with Crippen molar-refractivity contribution in [2.24, 2.45) is 9.98 Å². The van der Waals surface area contributed by atoms with E-state index in [0.29, 0.717) is 24.4 Å². The number of benzene rings is 1. The maximum atomic E-state index is 13.7. The van der Waals surface area contributed by atoms with E-state index in [4.69, 9.17) is 14.4 Å². The molecule has 0 aliphatic carbocycles. The lowest BCUT2D eigenvalue weighted by Gasteiger charge is -2.25. The van der Waals surface area contributed by atoms with E-state index in [9.17, 15) is 14.4 Å². The number of fused-ring (bicyclic) bond motifs is 1. The summed E-state index contributed by atoms with van der Waals surface area (Å²) in [6.07, 6.45) is 7.53. The second-order valence-electron chi connectivity index (χ2n) is 11.5. The van der Waals surface area contributed by atoms with Crippen molar-refractivity contribution in [1.82, 2.24) is 20.1 Å². The zero-order valence-corrected chi connectivity index (χ0v) is 25.8. The second kappa shape index (κ2) is 13.2. The molecule has 3 aliphatic heterocycles. The van der Waals surface area contributed by atoms with Gasteiger partial charge in [0.1, 0.15) is 28.0 Å². The number of nitrogens with one attached hydrogen (secondary N) is 2. The van der Waals surface area contributed by atoms with Crippen LogP contribution in [0.2, 0.25) is 0 Å². The number of pyridine rings is 1. The molecule has 0 radical (unpaired) electrons. The molecular weight excluding hydrogens is 578 g/mol. The molecule has 3 aromatic rings. The molecule has 6 rings (SSSR count). The zero-order chi connectivity index (χ0) is 30.6. The van der Waals surface area contributed by atoms with Gasteiger partial charge in [-0.1, -0.05) is 0 Å². The van der Waals surface area contributed by atoms with Crippen molar-refractivity contribution in [3.63, 3.8) is 0 Å². The predicted molar refractivity (Wildman–Crippen MR) is 172 cm³/mol. The molecule has 230 valence electrons. The van der Waals surface area contributed by atoms with Crippen molar-refractivity contribution in [1.29, 1.82) is 0 Å². The van der Waals surface area contributed by atoms with E-state index < -0.39 is 11.3 Å². The molecule has 5 heterocycles. The normalized spacial score (nSPS) is 22.7. The van der Waals surface area contributed by atoms with Gasteiger partial charge in [-0.2, -0.15) is 0 Å². The summed E-state index contributed by atoms with van der Waals surface area (Å²) in [4.78, 5) is 57.4. The first kappa shape index (κ1) is 29.9. The van der Waals surface area contributed by atoms with Crippen LogP contribution in [0.5, 0.6) is 0 Å². The number of hydrogen-bond acceptors (Lipinski definition) is 8. The van der Waals surface area contributed by atoms with Crippen molar-refractivity contribution in [2.45, 2.75) is 62.6 Å².